The van der Waals surface area contributed by atoms with E-state index in [9.17, 15) is 4.79 Å². The molecule has 0 unspecified atom stereocenters. The van der Waals surface area contributed by atoms with Crippen molar-refractivity contribution in [1.82, 2.24) is 5.32 Å². The van der Waals surface area contributed by atoms with E-state index in [1.54, 1.807) is 7.05 Å². The van der Waals surface area contributed by atoms with E-state index in [0.717, 1.165) is 6.42 Å². The van der Waals surface area contributed by atoms with Gasteiger partial charge in [0.15, 0.2) is 0 Å². The minimum Gasteiger partial charge on any atom is -0.358 e. The van der Waals surface area contributed by atoms with Crippen molar-refractivity contribution in [3.05, 3.63) is 0 Å². The lowest BCUT2D eigenvalue weighted by Gasteiger charge is -2.15. The van der Waals surface area contributed by atoms with Crippen molar-refractivity contribution in [2.45, 2.75) is 26.3 Å². The maximum Gasteiger partial charge on any atom is 0.236 e. The number of hydrogen-bond acceptors (Lipinski definition) is 2. The van der Waals surface area contributed by atoms with Crippen LogP contribution in [0.2, 0.25) is 0 Å². The average molecular weight is 144 g/mol. The van der Waals surface area contributed by atoms with Crippen LogP contribution in [0.15, 0.2) is 0 Å². The first-order valence-electron chi connectivity index (χ1n) is 3.60. The highest BCUT2D eigenvalue weighted by molar-refractivity contribution is 5.81. The SMILES string of the molecule is CC[C@@H](C)[C@@H](N)C(=O)NC. The van der Waals surface area contributed by atoms with Gasteiger partial charge in [0.05, 0.1) is 6.04 Å². The van der Waals surface area contributed by atoms with Crippen molar-refractivity contribution >= 4 is 5.91 Å². The molecular formula is C7H16N2O. The van der Waals surface area contributed by atoms with Crippen LogP contribution in [-0.2, 0) is 4.79 Å². The van der Waals surface area contributed by atoms with Crippen molar-refractivity contribution in [3.63, 3.8) is 0 Å². The second-order valence-electron chi connectivity index (χ2n) is 2.53. The maximum absolute atomic E-state index is 10.9. The summed E-state index contributed by atoms with van der Waals surface area (Å²) in [5.41, 5.74) is 5.57. The number of nitrogens with one attached hydrogen (secondary N) is 1. The van der Waals surface area contributed by atoms with E-state index in [-0.39, 0.29) is 17.9 Å². The molecule has 3 N–H and O–H groups in total. The largest absolute Gasteiger partial charge is 0.358 e. The summed E-state index contributed by atoms with van der Waals surface area (Å²) in [5, 5.41) is 2.52. The molecule has 2 atom stereocenters. The van der Waals surface area contributed by atoms with Crippen molar-refractivity contribution < 1.29 is 4.79 Å². The summed E-state index contributed by atoms with van der Waals surface area (Å²) in [5.74, 6) is 0.189. The van der Waals surface area contributed by atoms with Crippen molar-refractivity contribution in [3.8, 4) is 0 Å². The Morgan fingerprint density at radius 3 is 2.50 bits per heavy atom. The van der Waals surface area contributed by atoms with E-state index in [1.165, 1.54) is 0 Å². The van der Waals surface area contributed by atoms with Gasteiger partial charge in [0, 0.05) is 7.05 Å². The summed E-state index contributed by atoms with van der Waals surface area (Å²) in [6.45, 7) is 3.99. The number of carbonyl (C=O) groups is 1. The lowest BCUT2D eigenvalue weighted by molar-refractivity contribution is -0.122. The molecule has 10 heavy (non-hydrogen) atoms. The van der Waals surface area contributed by atoms with E-state index in [1.807, 2.05) is 13.8 Å². The van der Waals surface area contributed by atoms with Crippen molar-refractivity contribution in [1.29, 1.82) is 0 Å². The highest BCUT2D eigenvalue weighted by Crippen LogP contribution is 2.04. The van der Waals surface area contributed by atoms with Crippen LogP contribution < -0.4 is 11.1 Å². The third-order valence-corrected chi connectivity index (χ3v) is 1.81. The minimum atomic E-state index is -0.352. The zero-order valence-electron chi connectivity index (χ0n) is 6.85. The molecule has 0 saturated heterocycles. The molecule has 0 aliphatic heterocycles. The highest BCUT2D eigenvalue weighted by atomic mass is 16.2. The van der Waals surface area contributed by atoms with Gasteiger partial charge in [-0.15, -0.1) is 0 Å². The Balaban J connectivity index is 3.81. The summed E-state index contributed by atoms with van der Waals surface area (Å²) >= 11 is 0. The molecule has 0 rings (SSSR count). The molecule has 3 nitrogen and oxygen atoms in total. The van der Waals surface area contributed by atoms with E-state index >= 15 is 0 Å². The highest BCUT2D eigenvalue weighted by Gasteiger charge is 2.17. The van der Waals surface area contributed by atoms with Gasteiger partial charge in [0.2, 0.25) is 5.91 Å². The average Bonchev–Trinajstić information content (AvgIpc) is 2.00. The molecule has 0 aromatic heterocycles. The standard InChI is InChI=1S/C7H16N2O/c1-4-5(2)6(8)7(10)9-3/h5-6H,4,8H2,1-3H3,(H,9,10)/t5-,6-/m1/s1. The van der Waals surface area contributed by atoms with E-state index in [4.69, 9.17) is 5.73 Å². The number of carbonyl (C=O) groups excluding carboxylic acids is 1. The Kier molecular flexibility index (Phi) is 4.03. The normalized spacial score (nSPS) is 16.0. The molecule has 0 heterocycles. The fourth-order valence-corrected chi connectivity index (χ4v) is 0.679. The van der Waals surface area contributed by atoms with Crippen LogP contribution in [0.25, 0.3) is 0 Å². The van der Waals surface area contributed by atoms with Gasteiger partial charge < -0.3 is 11.1 Å². The molecule has 0 aliphatic rings. The molecule has 3 heteroatoms. The first-order valence-corrected chi connectivity index (χ1v) is 3.60. The number of hydrogen-bond donors (Lipinski definition) is 2. The second kappa shape index (κ2) is 4.28. The monoisotopic (exact) mass is 144 g/mol. The van der Waals surface area contributed by atoms with E-state index < -0.39 is 0 Å². The van der Waals surface area contributed by atoms with Crippen LogP contribution in [-0.4, -0.2) is 19.0 Å². The lowest BCUT2D eigenvalue weighted by Crippen LogP contribution is -2.43. The summed E-state index contributed by atoms with van der Waals surface area (Å²) in [4.78, 5) is 10.9. The molecule has 0 saturated carbocycles. The molecular weight excluding hydrogens is 128 g/mol. The molecule has 0 aromatic carbocycles. The van der Waals surface area contributed by atoms with Gasteiger partial charge in [-0.05, 0) is 5.92 Å². The Labute approximate surface area is 62.0 Å². The topological polar surface area (TPSA) is 55.1 Å². The van der Waals surface area contributed by atoms with Gasteiger partial charge in [0.1, 0.15) is 0 Å². The number of amides is 1. The zero-order valence-corrected chi connectivity index (χ0v) is 6.85. The summed E-state index contributed by atoms with van der Waals surface area (Å²) in [6, 6.07) is -0.352. The second-order valence-corrected chi connectivity index (χ2v) is 2.53. The molecule has 0 bridgehead atoms. The van der Waals surface area contributed by atoms with E-state index in [0.29, 0.717) is 0 Å². The smallest absolute Gasteiger partial charge is 0.236 e. The Bertz CT molecular complexity index is 114. The Hall–Kier alpha value is -0.570. The van der Waals surface area contributed by atoms with Crippen molar-refractivity contribution in [2.24, 2.45) is 11.7 Å². The molecule has 60 valence electrons. The predicted octanol–water partition coefficient (Wildman–Crippen LogP) is 0.106. The van der Waals surface area contributed by atoms with Gasteiger partial charge in [0.25, 0.3) is 0 Å². The summed E-state index contributed by atoms with van der Waals surface area (Å²) < 4.78 is 0. The van der Waals surface area contributed by atoms with E-state index in [2.05, 4.69) is 5.32 Å². The van der Waals surface area contributed by atoms with Crippen LogP contribution in [0.5, 0.6) is 0 Å². The first-order chi connectivity index (χ1) is 4.63. The fourth-order valence-electron chi connectivity index (χ4n) is 0.679. The quantitative estimate of drug-likeness (QED) is 0.590. The summed E-state index contributed by atoms with van der Waals surface area (Å²) in [6.07, 6.45) is 0.939. The Morgan fingerprint density at radius 2 is 2.20 bits per heavy atom. The number of nitrogens with two attached hydrogens (primary N) is 1. The van der Waals surface area contributed by atoms with Gasteiger partial charge >= 0.3 is 0 Å². The van der Waals surface area contributed by atoms with Crippen LogP contribution in [0, 0.1) is 5.92 Å². The molecule has 0 radical (unpaired) electrons. The van der Waals surface area contributed by atoms with Gasteiger partial charge in [-0.1, -0.05) is 20.3 Å². The van der Waals surface area contributed by atoms with Crippen LogP contribution in [0.3, 0.4) is 0 Å². The minimum absolute atomic E-state index is 0.0747. The molecule has 0 aromatic rings. The van der Waals surface area contributed by atoms with Gasteiger partial charge in [-0.3, -0.25) is 4.79 Å². The van der Waals surface area contributed by atoms with Gasteiger partial charge in [-0.25, -0.2) is 0 Å². The van der Waals surface area contributed by atoms with Crippen LogP contribution in [0.4, 0.5) is 0 Å². The molecule has 0 aliphatic carbocycles. The van der Waals surface area contributed by atoms with Crippen LogP contribution >= 0.6 is 0 Å². The molecule has 1 amide bonds. The number of likely N-dealkylation sites (N-methyl/N-ethyl adjacent to an activating group) is 1. The third-order valence-electron chi connectivity index (χ3n) is 1.81. The fraction of sp³-hybridized carbons (Fsp3) is 0.857. The molecule has 0 fully saturated rings. The zero-order chi connectivity index (χ0) is 8.15. The van der Waals surface area contributed by atoms with Gasteiger partial charge in [-0.2, -0.15) is 0 Å². The third kappa shape index (κ3) is 2.35. The maximum atomic E-state index is 10.9. The van der Waals surface area contributed by atoms with Crippen LogP contribution in [0.1, 0.15) is 20.3 Å². The number of rotatable bonds is 3. The lowest BCUT2D eigenvalue weighted by atomic mass is 10.00. The Morgan fingerprint density at radius 1 is 1.70 bits per heavy atom. The first kappa shape index (κ1) is 9.43. The predicted molar refractivity (Wildman–Crippen MR) is 41.5 cm³/mol. The summed E-state index contributed by atoms with van der Waals surface area (Å²) in [7, 11) is 1.60. The molecule has 0 spiro atoms. The van der Waals surface area contributed by atoms with Crippen molar-refractivity contribution in [2.75, 3.05) is 7.05 Å².